The van der Waals surface area contributed by atoms with Crippen molar-refractivity contribution in [1.29, 1.82) is 0 Å². The molecule has 0 aliphatic carbocycles. The van der Waals surface area contributed by atoms with Crippen molar-refractivity contribution in [2.75, 3.05) is 6.54 Å². The Morgan fingerprint density at radius 1 is 1.25 bits per heavy atom. The van der Waals surface area contributed by atoms with Crippen molar-refractivity contribution in [2.24, 2.45) is 5.92 Å². The molecule has 20 heavy (non-hydrogen) atoms. The minimum absolute atomic E-state index is 0.273. The Bertz CT molecular complexity index is 520. The molecule has 0 saturated heterocycles. The second kappa shape index (κ2) is 7.19. The van der Waals surface area contributed by atoms with E-state index in [9.17, 15) is 8.42 Å². The summed E-state index contributed by atoms with van der Waals surface area (Å²) in [6, 6.07) is 0.275. The van der Waals surface area contributed by atoms with Gasteiger partial charge in [-0.1, -0.05) is 27.7 Å². The third-order valence-electron chi connectivity index (χ3n) is 2.92. The van der Waals surface area contributed by atoms with Crippen molar-refractivity contribution in [2.45, 2.75) is 58.5 Å². The molecule has 1 rings (SSSR count). The van der Waals surface area contributed by atoms with Crippen molar-refractivity contribution >= 4 is 10.0 Å². The SMILES string of the molecule is Cc1[nH]nc(CNC(C)C)c1S(=O)(=O)NCCC(C)C. The zero-order valence-electron chi connectivity index (χ0n) is 12.9. The first-order chi connectivity index (χ1) is 9.24. The zero-order chi connectivity index (χ0) is 15.3. The van der Waals surface area contributed by atoms with Crippen molar-refractivity contribution in [3.63, 3.8) is 0 Å². The maximum absolute atomic E-state index is 12.4. The van der Waals surface area contributed by atoms with E-state index in [0.29, 0.717) is 30.4 Å². The molecule has 0 bridgehead atoms. The van der Waals surface area contributed by atoms with Crippen molar-refractivity contribution in [1.82, 2.24) is 20.2 Å². The number of sulfonamides is 1. The van der Waals surface area contributed by atoms with Crippen LogP contribution >= 0.6 is 0 Å². The minimum atomic E-state index is -3.51. The highest BCUT2D eigenvalue weighted by molar-refractivity contribution is 7.89. The van der Waals surface area contributed by atoms with Crippen molar-refractivity contribution in [3.8, 4) is 0 Å². The second-order valence-electron chi connectivity index (χ2n) is 5.74. The normalized spacial score (nSPS) is 12.6. The second-order valence-corrected chi connectivity index (χ2v) is 7.44. The first kappa shape index (κ1) is 17.1. The van der Waals surface area contributed by atoms with Crippen LogP contribution in [0.4, 0.5) is 0 Å². The lowest BCUT2D eigenvalue weighted by Gasteiger charge is -2.11. The minimum Gasteiger partial charge on any atom is -0.309 e. The van der Waals surface area contributed by atoms with Crippen LogP contribution in [0.1, 0.15) is 45.5 Å². The quantitative estimate of drug-likeness (QED) is 0.680. The molecule has 6 nitrogen and oxygen atoms in total. The first-order valence-corrected chi connectivity index (χ1v) is 8.49. The Balaban J connectivity index is 2.85. The van der Waals surface area contributed by atoms with E-state index < -0.39 is 10.0 Å². The first-order valence-electron chi connectivity index (χ1n) is 7.01. The molecule has 116 valence electrons. The van der Waals surface area contributed by atoms with Crippen LogP contribution in [0.5, 0.6) is 0 Å². The van der Waals surface area contributed by atoms with E-state index >= 15 is 0 Å². The fourth-order valence-electron chi connectivity index (χ4n) is 1.80. The maximum atomic E-state index is 12.4. The molecule has 0 unspecified atom stereocenters. The molecule has 0 spiro atoms. The maximum Gasteiger partial charge on any atom is 0.244 e. The number of aromatic amines is 1. The Labute approximate surface area is 121 Å². The number of hydrogen-bond donors (Lipinski definition) is 3. The van der Waals surface area contributed by atoms with Gasteiger partial charge in [0.1, 0.15) is 4.90 Å². The number of aryl methyl sites for hydroxylation is 1. The summed E-state index contributed by atoms with van der Waals surface area (Å²) in [4.78, 5) is 0.273. The number of hydrogen-bond acceptors (Lipinski definition) is 4. The van der Waals surface area contributed by atoms with Gasteiger partial charge < -0.3 is 5.32 Å². The predicted molar refractivity (Wildman–Crippen MR) is 79.9 cm³/mol. The van der Waals surface area contributed by atoms with Gasteiger partial charge in [0.15, 0.2) is 0 Å². The van der Waals surface area contributed by atoms with Crippen LogP contribution in [0.3, 0.4) is 0 Å². The van der Waals surface area contributed by atoms with Gasteiger partial charge in [-0.05, 0) is 19.3 Å². The van der Waals surface area contributed by atoms with Crippen LogP contribution in [0.2, 0.25) is 0 Å². The summed E-state index contributed by atoms with van der Waals surface area (Å²) in [5, 5.41) is 10.0. The number of rotatable bonds is 8. The fourth-order valence-corrected chi connectivity index (χ4v) is 3.21. The molecular formula is C13H26N4O2S. The Morgan fingerprint density at radius 2 is 1.90 bits per heavy atom. The van der Waals surface area contributed by atoms with E-state index in [4.69, 9.17) is 0 Å². The van der Waals surface area contributed by atoms with E-state index in [0.717, 1.165) is 6.42 Å². The number of nitrogens with one attached hydrogen (secondary N) is 3. The molecule has 7 heteroatoms. The van der Waals surface area contributed by atoms with Gasteiger partial charge in [-0.25, -0.2) is 13.1 Å². The summed E-state index contributed by atoms with van der Waals surface area (Å²) in [5.41, 5.74) is 1.11. The highest BCUT2D eigenvalue weighted by Crippen LogP contribution is 2.17. The lowest BCUT2D eigenvalue weighted by atomic mass is 10.1. The molecule has 3 N–H and O–H groups in total. The Kier molecular flexibility index (Phi) is 6.16. The van der Waals surface area contributed by atoms with Crippen molar-refractivity contribution in [3.05, 3.63) is 11.4 Å². The summed E-state index contributed by atoms with van der Waals surface area (Å²) in [6.45, 7) is 10.8. The largest absolute Gasteiger partial charge is 0.309 e. The molecule has 0 radical (unpaired) electrons. The topological polar surface area (TPSA) is 86.9 Å². The van der Waals surface area contributed by atoms with Crippen LogP contribution in [0, 0.1) is 12.8 Å². The average Bonchev–Trinajstić information content (AvgIpc) is 2.67. The molecule has 0 fully saturated rings. The van der Waals surface area contributed by atoms with Crippen LogP contribution < -0.4 is 10.0 Å². The van der Waals surface area contributed by atoms with Crippen LogP contribution in [-0.4, -0.2) is 31.2 Å². The molecule has 0 saturated carbocycles. The van der Waals surface area contributed by atoms with Crippen LogP contribution in [-0.2, 0) is 16.6 Å². The van der Waals surface area contributed by atoms with Crippen molar-refractivity contribution < 1.29 is 8.42 Å². The summed E-state index contributed by atoms with van der Waals surface area (Å²) in [6.07, 6.45) is 0.815. The molecule has 1 aromatic heterocycles. The van der Waals surface area contributed by atoms with E-state index in [1.807, 2.05) is 13.8 Å². The molecular weight excluding hydrogens is 276 g/mol. The molecule has 0 aromatic carbocycles. The summed E-state index contributed by atoms with van der Waals surface area (Å²) < 4.78 is 27.4. The average molecular weight is 302 g/mol. The fraction of sp³-hybridized carbons (Fsp3) is 0.769. The van der Waals surface area contributed by atoms with Crippen LogP contribution in [0.15, 0.2) is 4.90 Å². The molecule has 1 aromatic rings. The number of H-pyrrole nitrogens is 1. The van der Waals surface area contributed by atoms with Gasteiger partial charge in [-0.15, -0.1) is 0 Å². The molecule has 0 aliphatic rings. The van der Waals surface area contributed by atoms with Gasteiger partial charge in [0, 0.05) is 19.1 Å². The van der Waals surface area contributed by atoms with Gasteiger partial charge in [-0.3, -0.25) is 5.10 Å². The third kappa shape index (κ3) is 4.88. The highest BCUT2D eigenvalue weighted by atomic mass is 32.2. The van der Waals surface area contributed by atoms with E-state index in [-0.39, 0.29) is 10.9 Å². The summed E-state index contributed by atoms with van der Waals surface area (Å²) in [5.74, 6) is 0.463. The monoisotopic (exact) mass is 302 g/mol. The van der Waals surface area contributed by atoms with Gasteiger partial charge in [0.2, 0.25) is 10.0 Å². The van der Waals surface area contributed by atoms with Gasteiger partial charge in [0.05, 0.1) is 11.4 Å². The van der Waals surface area contributed by atoms with Crippen LogP contribution in [0.25, 0.3) is 0 Å². The standard InChI is InChI=1S/C13H26N4O2S/c1-9(2)6-7-15-20(18,19)13-11(5)16-17-12(13)8-14-10(3)4/h9-10,14-15H,6-8H2,1-5H3,(H,16,17). The van der Waals surface area contributed by atoms with Gasteiger partial charge >= 0.3 is 0 Å². The van der Waals surface area contributed by atoms with Gasteiger partial charge in [-0.2, -0.15) is 5.10 Å². The highest BCUT2D eigenvalue weighted by Gasteiger charge is 2.23. The smallest absolute Gasteiger partial charge is 0.244 e. The summed E-state index contributed by atoms with van der Waals surface area (Å²) in [7, 11) is -3.51. The van der Waals surface area contributed by atoms with E-state index in [1.165, 1.54) is 0 Å². The zero-order valence-corrected chi connectivity index (χ0v) is 13.8. The molecule has 0 aliphatic heterocycles. The number of nitrogens with zero attached hydrogens (tertiary/aromatic N) is 1. The van der Waals surface area contributed by atoms with E-state index in [1.54, 1.807) is 6.92 Å². The predicted octanol–water partition coefficient (Wildman–Crippen LogP) is 1.54. The summed E-state index contributed by atoms with van der Waals surface area (Å²) >= 11 is 0. The van der Waals surface area contributed by atoms with E-state index in [2.05, 4.69) is 34.1 Å². The lowest BCUT2D eigenvalue weighted by molar-refractivity contribution is 0.546. The molecule has 0 amide bonds. The van der Waals surface area contributed by atoms with Gasteiger partial charge in [0.25, 0.3) is 0 Å². The molecule has 0 atom stereocenters. The third-order valence-corrected chi connectivity index (χ3v) is 4.58. The Morgan fingerprint density at radius 3 is 2.45 bits per heavy atom. The Hall–Kier alpha value is -0.920. The number of aromatic nitrogens is 2. The lowest BCUT2D eigenvalue weighted by Crippen LogP contribution is -2.28. The molecule has 1 heterocycles.